The Labute approximate surface area is 160 Å². The second kappa shape index (κ2) is 7.70. The van der Waals surface area contributed by atoms with Crippen molar-refractivity contribution in [1.82, 2.24) is 9.47 Å². The van der Waals surface area contributed by atoms with Gasteiger partial charge < -0.3 is 14.2 Å². The zero-order valence-electron chi connectivity index (χ0n) is 15.5. The van der Waals surface area contributed by atoms with E-state index in [1.54, 1.807) is 0 Å². The zero-order valence-corrected chi connectivity index (χ0v) is 15.5. The minimum Gasteiger partial charge on any atom is -0.494 e. The number of benzene rings is 2. The fourth-order valence-electron chi connectivity index (χ4n) is 3.69. The van der Waals surface area contributed by atoms with Gasteiger partial charge in [-0.1, -0.05) is 43.3 Å². The highest BCUT2D eigenvalue weighted by molar-refractivity contribution is 5.95. The highest BCUT2D eigenvalue weighted by atomic mass is 16.5. The number of carbonyl (C=O) groups is 1. The molecular formula is C23H24N2O2. The smallest absolute Gasteiger partial charge is 0.254 e. The topological polar surface area (TPSA) is 34.5 Å². The van der Waals surface area contributed by atoms with Crippen molar-refractivity contribution in [3.05, 3.63) is 89.7 Å². The summed E-state index contributed by atoms with van der Waals surface area (Å²) in [4.78, 5) is 15.4. The molecule has 138 valence electrons. The SMILES string of the molecule is CCCOc1cccc(C(=O)N2CCn3cccc3C2c2ccccc2)c1. The first-order valence-corrected chi connectivity index (χ1v) is 9.51. The zero-order chi connectivity index (χ0) is 18.6. The van der Waals surface area contributed by atoms with Crippen molar-refractivity contribution in [2.24, 2.45) is 0 Å². The standard InChI is InChI=1S/C23H24N2O2/c1-2-16-27-20-11-6-10-19(17-20)23(26)25-15-14-24-13-7-12-21(24)22(25)18-8-4-3-5-9-18/h3-13,17,22H,2,14-16H2,1H3. The molecule has 4 rings (SSSR count). The number of carbonyl (C=O) groups excluding carboxylic acids is 1. The van der Waals surface area contributed by atoms with Gasteiger partial charge in [-0.2, -0.15) is 0 Å². The third-order valence-corrected chi connectivity index (χ3v) is 4.97. The fraction of sp³-hybridized carbons (Fsp3) is 0.261. The summed E-state index contributed by atoms with van der Waals surface area (Å²) in [5.41, 5.74) is 2.95. The Morgan fingerprint density at radius 1 is 1.04 bits per heavy atom. The van der Waals surface area contributed by atoms with Gasteiger partial charge in [-0.05, 0) is 42.3 Å². The molecule has 27 heavy (non-hydrogen) atoms. The number of hydrogen-bond acceptors (Lipinski definition) is 2. The van der Waals surface area contributed by atoms with Gasteiger partial charge in [0.05, 0.1) is 12.6 Å². The number of nitrogens with zero attached hydrogens (tertiary/aromatic N) is 2. The lowest BCUT2D eigenvalue weighted by atomic mass is 9.99. The Hall–Kier alpha value is -3.01. The first kappa shape index (κ1) is 17.4. The molecule has 1 aliphatic rings. The van der Waals surface area contributed by atoms with Gasteiger partial charge in [0.2, 0.25) is 0 Å². The molecule has 2 heterocycles. The van der Waals surface area contributed by atoms with Crippen LogP contribution in [0.5, 0.6) is 5.75 Å². The van der Waals surface area contributed by atoms with E-state index in [0.717, 1.165) is 30.0 Å². The summed E-state index contributed by atoms with van der Waals surface area (Å²) in [6.45, 7) is 4.22. The largest absolute Gasteiger partial charge is 0.494 e. The van der Waals surface area contributed by atoms with E-state index in [1.165, 1.54) is 0 Å². The van der Waals surface area contributed by atoms with Crippen LogP contribution in [0.2, 0.25) is 0 Å². The van der Waals surface area contributed by atoms with Crippen LogP contribution in [0.4, 0.5) is 0 Å². The van der Waals surface area contributed by atoms with Crippen LogP contribution in [0.1, 0.15) is 41.0 Å². The molecule has 3 aromatic rings. The van der Waals surface area contributed by atoms with Crippen molar-refractivity contribution < 1.29 is 9.53 Å². The van der Waals surface area contributed by atoms with Crippen LogP contribution in [0.15, 0.2) is 72.9 Å². The second-order valence-corrected chi connectivity index (χ2v) is 6.81. The molecule has 0 fully saturated rings. The van der Waals surface area contributed by atoms with E-state index < -0.39 is 0 Å². The van der Waals surface area contributed by atoms with Gasteiger partial charge in [-0.3, -0.25) is 4.79 Å². The number of ether oxygens (including phenoxy) is 1. The van der Waals surface area contributed by atoms with E-state index in [2.05, 4.69) is 42.0 Å². The summed E-state index contributed by atoms with van der Waals surface area (Å²) < 4.78 is 7.95. The summed E-state index contributed by atoms with van der Waals surface area (Å²) >= 11 is 0. The van der Waals surface area contributed by atoms with Crippen LogP contribution in [-0.4, -0.2) is 28.5 Å². The highest BCUT2D eigenvalue weighted by Crippen LogP contribution is 2.33. The molecule has 1 aliphatic heterocycles. The molecule has 0 aliphatic carbocycles. The van der Waals surface area contributed by atoms with Gasteiger partial charge in [0, 0.05) is 30.5 Å². The quantitative estimate of drug-likeness (QED) is 0.670. The van der Waals surface area contributed by atoms with Crippen LogP contribution in [0.25, 0.3) is 0 Å². The fourth-order valence-corrected chi connectivity index (χ4v) is 3.69. The lowest BCUT2D eigenvalue weighted by Crippen LogP contribution is -2.42. The molecule has 1 aromatic heterocycles. The van der Waals surface area contributed by atoms with Crippen molar-refractivity contribution >= 4 is 5.91 Å². The maximum absolute atomic E-state index is 13.4. The first-order chi connectivity index (χ1) is 13.3. The minimum absolute atomic E-state index is 0.0400. The number of rotatable bonds is 5. The molecule has 1 amide bonds. The Bertz CT molecular complexity index is 917. The van der Waals surface area contributed by atoms with Gasteiger partial charge in [0.1, 0.15) is 5.75 Å². The van der Waals surface area contributed by atoms with E-state index in [1.807, 2.05) is 47.4 Å². The van der Waals surface area contributed by atoms with Crippen LogP contribution in [0.3, 0.4) is 0 Å². The number of amides is 1. The van der Waals surface area contributed by atoms with Crippen molar-refractivity contribution in [2.45, 2.75) is 25.9 Å². The van der Waals surface area contributed by atoms with Gasteiger partial charge in [-0.15, -0.1) is 0 Å². The highest BCUT2D eigenvalue weighted by Gasteiger charge is 2.32. The number of hydrogen-bond donors (Lipinski definition) is 0. The Morgan fingerprint density at radius 2 is 1.89 bits per heavy atom. The van der Waals surface area contributed by atoms with Gasteiger partial charge >= 0.3 is 0 Å². The summed E-state index contributed by atoms with van der Waals surface area (Å²) in [6, 6.07) is 21.8. The maximum Gasteiger partial charge on any atom is 0.254 e. The molecule has 0 saturated heterocycles. The van der Waals surface area contributed by atoms with Crippen molar-refractivity contribution in [3.8, 4) is 5.75 Å². The van der Waals surface area contributed by atoms with Gasteiger partial charge in [-0.25, -0.2) is 0 Å². The number of fused-ring (bicyclic) bond motifs is 1. The lowest BCUT2D eigenvalue weighted by Gasteiger charge is -2.37. The average molecular weight is 360 g/mol. The Morgan fingerprint density at radius 3 is 2.70 bits per heavy atom. The summed E-state index contributed by atoms with van der Waals surface area (Å²) in [7, 11) is 0. The summed E-state index contributed by atoms with van der Waals surface area (Å²) in [5.74, 6) is 0.789. The molecule has 2 aromatic carbocycles. The molecule has 0 bridgehead atoms. The third kappa shape index (κ3) is 3.47. The van der Waals surface area contributed by atoms with E-state index in [9.17, 15) is 4.79 Å². The normalized spacial score (nSPS) is 16.0. The molecule has 4 heteroatoms. The van der Waals surface area contributed by atoms with Crippen molar-refractivity contribution in [3.63, 3.8) is 0 Å². The van der Waals surface area contributed by atoms with E-state index >= 15 is 0 Å². The van der Waals surface area contributed by atoms with E-state index in [-0.39, 0.29) is 11.9 Å². The second-order valence-electron chi connectivity index (χ2n) is 6.81. The molecule has 0 spiro atoms. The van der Waals surface area contributed by atoms with Gasteiger partial charge in [0.15, 0.2) is 0 Å². The van der Waals surface area contributed by atoms with Gasteiger partial charge in [0.25, 0.3) is 5.91 Å². The minimum atomic E-state index is -0.0809. The van der Waals surface area contributed by atoms with Crippen molar-refractivity contribution in [2.75, 3.05) is 13.2 Å². The third-order valence-electron chi connectivity index (χ3n) is 4.97. The summed E-state index contributed by atoms with van der Waals surface area (Å²) in [6.07, 6.45) is 3.03. The predicted molar refractivity (Wildman–Crippen MR) is 106 cm³/mol. The Kier molecular flexibility index (Phi) is 4.97. The molecule has 0 N–H and O–H groups in total. The molecule has 1 unspecified atom stereocenters. The van der Waals surface area contributed by atoms with Crippen LogP contribution < -0.4 is 4.74 Å². The molecule has 0 radical (unpaired) electrons. The molecule has 1 atom stereocenters. The molecular weight excluding hydrogens is 336 g/mol. The monoisotopic (exact) mass is 360 g/mol. The average Bonchev–Trinajstić information content (AvgIpc) is 3.20. The summed E-state index contributed by atoms with van der Waals surface area (Å²) in [5, 5.41) is 0. The van der Waals surface area contributed by atoms with Crippen molar-refractivity contribution in [1.29, 1.82) is 0 Å². The van der Waals surface area contributed by atoms with E-state index in [4.69, 9.17) is 4.74 Å². The maximum atomic E-state index is 13.4. The number of aromatic nitrogens is 1. The Balaban J connectivity index is 1.68. The molecule has 0 saturated carbocycles. The first-order valence-electron chi connectivity index (χ1n) is 9.51. The van der Waals surface area contributed by atoms with Crippen LogP contribution in [-0.2, 0) is 6.54 Å². The van der Waals surface area contributed by atoms with Crippen LogP contribution >= 0.6 is 0 Å². The van der Waals surface area contributed by atoms with E-state index in [0.29, 0.717) is 18.7 Å². The lowest BCUT2D eigenvalue weighted by molar-refractivity contribution is 0.0663. The van der Waals surface area contributed by atoms with Crippen LogP contribution in [0, 0.1) is 0 Å². The predicted octanol–water partition coefficient (Wildman–Crippen LogP) is 4.52. The molecule has 4 nitrogen and oxygen atoms in total.